The topological polar surface area (TPSA) is 37.0 Å². The lowest BCUT2D eigenvalue weighted by molar-refractivity contribution is 0.414. The second-order valence-electron chi connectivity index (χ2n) is 4.64. The van der Waals surface area contributed by atoms with Crippen LogP contribution in [-0.2, 0) is 6.54 Å². The van der Waals surface area contributed by atoms with E-state index in [1.54, 1.807) is 7.11 Å². The Bertz CT molecular complexity index is 489. The highest BCUT2D eigenvalue weighted by Crippen LogP contribution is 2.26. The highest BCUT2D eigenvalue weighted by atomic mass is 16.5. The van der Waals surface area contributed by atoms with E-state index in [1.807, 2.05) is 18.3 Å². The number of nitrogens with one attached hydrogen (secondary N) is 2. The minimum absolute atomic E-state index is 0.465. The molecule has 0 saturated carbocycles. The number of benzene rings is 1. The fourth-order valence-electron chi connectivity index (χ4n) is 1.92. The summed E-state index contributed by atoms with van der Waals surface area (Å²) < 4.78 is 5.30. The van der Waals surface area contributed by atoms with Gasteiger partial charge in [-0.1, -0.05) is 13.8 Å². The Kier molecular flexibility index (Phi) is 4.05. The van der Waals surface area contributed by atoms with Crippen LogP contribution in [0.25, 0.3) is 11.3 Å². The maximum atomic E-state index is 5.30. The summed E-state index contributed by atoms with van der Waals surface area (Å²) in [5.41, 5.74) is 3.60. The summed E-state index contributed by atoms with van der Waals surface area (Å²) >= 11 is 0. The lowest BCUT2D eigenvalue weighted by Gasteiger charge is -2.13. The van der Waals surface area contributed by atoms with E-state index < -0.39 is 0 Å². The molecule has 0 aliphatic rings. The average molecular weight is 244 g/mol. The second-order valence-corrected chi connectivity index (χ2v) is 4.64. The van der Waals surface area contributed by atoms with E-state index in [9.17, 15) is 0 Å². The van der Waals surface area contributed by atoms with E-state index >= 15 is 0 Å². The predicted molar refractivity (Wildman–Crippen MR) is 74.8 cm³/mol. The molecule has 3 nitrogen and oxygen atoms in total. The van der Waals surface area contributed by atoms with Crippen LogP contribution in [0.2, 0.25) is 0 Å². The summed E-state index contributed by atoms with van der Waals surface area (Å²) in [4.78, 5) is 3.25. The Hall–Kier alpha value is -1.74. The van der Waals surface area contributed by atoms with Crippen molar-refractivity contribution < 1.29 is 4.74 Å². The third-order valence-corrected chi connectivity index (χ3v) is 2.90. The van der Waals surface area contributed by atoms with E-state index in [0.29, 0.717) is 6.04 Å². The van der Waals surface area contributed by atoms with E-state index in [1.165, 1.54) is 11.1 Å². The minimum atomic E-state index is 0.465. The molecule has 0 radical (unpaired) electrons. The van der Waals surface area contributed by atoms with E-state index in [-0.39, 0.29) is 0 Å². The van der Waals surface area contributed by atoms with Gasteiger partial charge >= 0.3 is 0 Å². The molecule has 0 amide bonds. The maximum Gasteiger partial charge on any atom is 0.119 e. The molecule has 1 aromatic carbocycles. The summed E-state index contributed by atoms with van der Waals surface area (Å²) in [6.45, 7) is 5.13. The van der Waals surface area contributed by atoms with E-state index in [2.05, 4.69) is 42.3 Å². The Labute approximate surface area is 108 Å². The monoisotopic (exact) mass is 244 g/mol. The molecule has 0 spiro atoms. The average Bonchev–Trinajstić information content (AvgIpc) is 2.89. The molecule has 18 heavy (non-hydrogen) atoms. The zero-order valence-corrected chi connectivity index (χ0v) is 11.2. The van der Waals surface area contributed by atoms with Gasteiger partial charge in [0.2, 0.25) is 0 Å². The summed E-state index contributed by atoms with van der Waals surface area (Å²) in [5.74, 6) is 0.894. The first-order valence-corrected chi connectivity index (χ1v) is 6.24. The van der Waals surface area contributed by atoms with Crippen LogP contribution in [0.15, 0.2) is 36.5 Å². The number of aromatic amines is 1. The number of ether oxygens (including phenoxy) is 1. The molecular weight excluding hydrogens is 224 g/mol. The molecule has 1 heterocycles. The molecule has 2 N–H and O–H groups in total. The first kappa shape index (κ1) is 12.7. The van der Waals surface area contributed by atoms with Crippen molar-refractivity contribution in [3.05, 3.63) is 42.1 Å². The molecule has 0 unspecified atom stereocenters. The van der Waals surface area contributed by atoms with E-state index in [4.69, 9.17) is 4.74 Å². The van der Waals surface area contributed by atoms with Crippen molar-refractivity contribution in [2.24, 2.45) is 0 Å². The Morgan fingerprint density at radius 2 is 2.11 bits per heavy atom. The van der Waals surface area contributed by atoms with Gasteiger partial charge in [-0.25, -0.2) is 0 Å². The Morgan fingerprint density at radius 3 is 2.72 bits per heavy atom. The van der Waals surface area contributed by atoms with Gasteiger partial charge in [0, 0.05) is 30.0 Å². The van der Waals surface area contributed by atoms with Crippen LogP contribution in [0.3, 0.4) is 0 Å². The van der Waals surface area contributed by atoms with Crippen LogP contribution in [0.4, 0.5) is 0 Å². The number of methoxy groups -OCH3 is 1. The molecule has 2 rings (SSSR count). The highest BCUT2D eigenvalue weighted by molar-refractivity contribution is 5.65. The molecule has 0 atom stereocenters. The van der Waals surface area contributed by atoms with Crippen LogP contribution >= 0.6 is 0 Å². The number of hydrogen-bond acceptors (Lipinski definition) is 2. The molecule has 0 aliphatic heterocycles. The van der Waals surface area contributed by atoms with Crippen molar-refractivity contribution in [2.75, 3.05) is 7.11 Å². The lowest BCUT2D eigenvalue weighted by atomic mass is 10.0. The predicted octanol–water partition coefficient (Wildman–Crippen LogP) is 3.19. The molecule has 0 aliphatic carbocycles. The number of hydrogen-bond donors (Lipinski definition) is 2. The molecule has 0 fully saturated rings. The van der Waals surface area contributed by atoms with Crippen molar-refractivity contribution >= 4 is 0 Å². The first-order valence-electron chi connectivity index (χ1n) is 6.24. The largest absolute Gasteiger partial charge is 0.497 e. The third kappa shape index (κ3) is 2.93. The van der Waals surface area contributed by atoms with Crippen LogP contribution in [0, 0.1) is 0 Å². The molecule has 96 valence electrons. The minimum Gasteiger partial charge on any atom is -0.497 e. The van der Waals surface area contributed by atoms with Gasteiger partial charge in [-0.15, -0.1) is 0 Å². The molecule has 0 bridgehead atoms. The van der Waals surface area contributed by atoms with Crippen molar-refractivity contribution in [2.45, 2.75) is 26.4 Å². The molecule has 3 heteroatoms. The fourth-order valence-corrected chi connectivity index (χ4v) is 1.92. The van der Waals surface area contributed by atoms with Crippen LogP contribution < -0.4 is 10.1 Å². The SMILES string of the molecule is COc1ccc(-c2ccc[nH]2)c(CNC(C)C)c1. The zero-order valence-electron chi connectivity index (χ0n) is 11.2. The standard InChI is InChI=1S/C15H20N2O/c1-11(2)17-10-12-9-13(18-3)6-7-14(12)15-5-4-8-16-15/h4-9,11,16-17H,10H2,1-3H3. The quantitative estimate of drug-likeness (QED) is 0.847. The fraction of sp³-hybridized carbons (Fsp3) is 0.333. The Balaban J connectivity index is 2.32. The normalized spacial score (nSPS) is 10.9. The molecular formula is C15H20N2O. The number of aromatic nitrogens is 1. The molecule has 0 saturated heterocycles. The number of rotatable bonds is 5. The number of H-pyrrole nitrogens is 1. The van der Waals surface area contributed by atoms with Crippen molar-refractivity contribution in [1.29, 1.82) is 0 Å². The van der Waals surface area contributed by atoms with Gasteiger partial charge in [0.25, 0.3) is 0 Å². The van der Waals surface area contributed by atoms with Gasteiger partial charge in [0.15, 0.2) is 0 Å². The van der Waals surface area contributed by atoms with Crippen molar-refractivity contribution in [3.63, 3.8) is 0 Å². The van der Waals surface area contributed by atoms with Gasteiger partial charge < -0.3 is 15.0 Å². The summed E-state index contributed by atoms with van der Waals surface area (Å²) in [6, 6.07) is 10.7. The molecule has 2 aromatic rings. The summed E-state index contributed by atoms with van der Waals surface area (Å²) in [5, 5.41) is 3.45. The highest BCUT2D eigenvalue weighted by Gasteiger charge is 2.07. The lowest BCUT2D eigenvalue weighted by Crippen LogP contribution is -2.22. The van der Waals surface area contributed by atoms with E-state index in [0.717, 1.165) is 18.0 Å². The van der Waals surface area contributed by atoms with Crippen LogP contribution in [0.5, 0.6) is 5.75 Å². The smallest absolute Gasteiger partial charge is 0.119 e. The third-order valence-electron chi connectivity index (χ3n) is 2.90. The van der Waals surface area contributed by atoms with Gasteiger partial charge in [0.1, 0.15) is 5.75 Å². The van der Waals surface area contributed by atoms with Gasteiger partial charge in [-0.05, 0) is 35.9 Å². The van der Waals surface area contributed by atoms with Gasteiger partial charge in [0.05, 0.1) is 7.11 Å². The van der Waals surface area contributed by atoms with Gasteiger partial charge in [-0.3, -0.25) is 0 Å². The zero-order chi connectivity index (χ0) is 13.0. The Morgan fingerprint density at radius 1 is 1.28 bits per heavy atom. The van der Waals surface area contributed by atoms with Crippen molar-refractivity contribution in [1.82, 2.24) is 10.3 Å². The molecule has 1 aromatic heterocycles. The summed E-state index contributed by atoms with van der Waals surface area (Å²) in [6.07, 6.45) is 1.94. The second kappa shape index (κ2) is 5.74. The van der Waals surface area contributed by atoms with Crippen molar-refractivity contribution in [3.8, 4) is 17.0 Å². The van der Waals surface area contributed by atoms with Gasteiger partial charge in [-0.2, -0.15) is 0 Å². The first-order chi connectivity index (χ1) is 8.70. The van der Waals surface area contributed by atoms with Crippen LogP contribution in [-0.4, -0.2) is 18.1 Å². The summed E-state index contributed by atoms with van der Waals surface area (Å²) in [7, 11) is 1.70. The maximum absolute atomic E-state index is 5.30. The van der Waals surface area contributed by atoms with Crippen LogP contribution in [0.1, 0.15) is 19.4 Å².